The van der Waals surface area contributed by atoms with Gasteiger partial charge in [0.1, 0.15) is 11.1 Å². The number of fused-ring (bicyclic) bond motifs is 1. The number of carbonyl (C=O) groups is 3. The fraction of sp³-hybridized carbons (Fsp3) is 0.286. The first-order chi connectivity index (χ1) is 14.4. The number of carbonyl (C=O) groups excluding carboxylic acids is 3. The second kappa shape index (κ2) is 6.91. The molecule has 2 aliphatic rings. The van der Waals surface area contributed by atoms with E-state index in [9.17, 15) is 14.4 Å². The van der Waals surface area contributed by atoms with E-state index in [1.807, 2.05) is 0 Å². The normalized spacial score (nSPS) is 21.7. The first-order valence-electron chi connectivity index (χ1n) is 8.87. The zero-order valence-electron chi connectivity index (χ0n) is 16.6. The third-order valence-electron chi connectivity index (χ3n) is 5.20. The van der Waals surface area contributed by atoms with Crippen molar-refractivity contribution < 1.29 is 42.8 Å². The van der Waals surface area contributed by atoms with Crippen LogP contribution in [0, 0.1) is 0 Å². The molecule has 0 fully saturated rings. The highest BCUT2D eigenvalue weighted by Crippen LogP contribution is 2.54. The van der Waals surface area contributed by atoms with Gasteiger partial charge in [0.15, 0.2) is 0 Å². The lowest BCUT2D eigenvalue weighted by Gasteiger charge is -2.37. The number of esters is 3. The maximum absolute atomic E-state index is 12.9. The van der Waals surface area contributed by atoms with Crippen LogP contribution in [-0.2, 0) is 43.8 Å². The molecule has 9 nitrogen and oxygen atoms in total. The van der Waals surface area contributed by atoms with Gasteiger partial charge in [0.25, 0.3) is 5.79 Å². The van der Waals surface area contributed by atoms with Crippen molar-refractivity contribution in [1.29, 1.82) is 0 Å². The fourth-order valence-corrected chi connectivity index (χ4v) is 3.93. The number of methoxy groups -OCH3 is 4. The quantitative estimate of drug-likeness (QED) is 0.420. The van der Waals surface area contributed by atoms with Gasteiger partial charge in [-0.3, -0.25) is 4.74 Å². The van der Waals surface area contributed by atoms with Crippen molar-refractivity contribution in [2.24, 2.45) is 0 Å². The van der Waals surface area contributed by atoms with Crippen molar-refractivity contribution in [3.63, 3.8) is 0 Å². The highest BCUT2D eigenvalue weighted by atomic mass is 16.9. The molecule has 0 aliphatic carbocycles. The predicted molar refractivity (Wildman–Crippen MR) is 99.9 cm³/mol. The van der Waals surface area contributed by atoms with Crippen LogP contribution in [0.3, 0.4) is 0 Å². The first kappa shape index (κ1) is 20.0. The molecule has 1 unspecified atom stereocenters. The van der Waals surface area contributed by atoms with E-state index in [1.165, 1.54) is 14.2 Å². The van der Waals surface area contributed by atoms with Crippen LogP contribution in [0.25, 0.3) is 10.8 Å². The molecule has 2 aliphatic heterocycles. The molecular weight excluding hydrogens is 396 g/mol. The molecule has 9 heteroatoms. The first-order valence-corrected chi connectivity index (χ1v) is 8.87. The third-order valence-corrected chi connectivity index (χ3v) is 5.20. The number of hydrogen-bond acceptors (Lipinski definition) is 9. The minimum Gasteiger partial charge on any atom is -0.465 e. The lowest BCUT2D eigenvalue weighted by Crippen LogP contribution is -2.46. The number of ether oxygens (including phenoxy) is 6. The maximum Gasteiger partial charge on any atom is 0.342 e. The van der Waals surface area contributed by atoms with Gasteiger partial charge in [-0.25, -0.2) is 14.4 Å². The highest BCUT2D eigenvalue weighted by molar-refractivity contribution is 6.11. The monoisotopic (exact) mass is 414 g/mol. The topological polar surface area (TPSA) is 107 Å². The van der Waals surface area contributed by atoms with Gasteiger partial charge in [-0.2, -0.15) is 0 Å². The van der Waals surface area contributed by atoms with E-state index < -0.39 is 40.8 Å². The average Bonchev–Trinajstić information content (AvgIpc) is 3.07. The average molecular weight is 414 g/mol. The minimum absolute atomic E-state index is 0.286. The highest BCUT2D eigenvalue weighted by Gasteiger charge is 2.67. The van der Waals surface area contributed by atoms with Crippen LogP contribution in [-0.4, -0.2) is 52.3 Å². The van der Waals surface area contributed by atoms with Crippen LogP contribution < -0.4 is 0 Å². The Morgan fingerprint density at radius 2 is 1.47 bits per heavy atom. The minimum atomic E-state index is -2.19. The van der Waals surface area contributed by atoms with Crippen LogP contribution in [0.5, 0.6) is 0 Å². The van der Waals surface area contributed by atoms with Crippen molar-refractivity contribution in [2.45, 2.75) is 11.8 Å². The number of benzene rings is 2. The van der Waals surface area contributed by atoms with Crippen molar-refractivity contribution in [1.82, 2.24) is 0 Å². The van der Waals surface area contributed by atoms with Crippen LogP contribution in [0.2, 0.25) is 0 Å². The molecule has 156 valence electrons. The Balaban J connectivity index is 2.15. The third kappa shape index (κ3) is 2.43. The summed E-state index contributed by atoms with van der Waals surface area (Å²) in [5, 5.41) is 1.21. The Morgan fingerprint density at radius 1 is 0.867 bits per heavy atom. The summed E-state index contributed by atoms with van der Waals surface area (Å²) in [5.41, 5.74) is -0.233. The second-order valence-electron chi connectivity index (χ2n) is 6.52. The molecule has 1 atom stereocenters. The Morgan fingerprint density at radius 3 is 2.07 bits per heavy atom. The van der Waals surface area contributed by atoms with E-state index >= 15 is 0 Å². The molecular formula is C21H18O9. The maximum atomic E-state index is 12.9. The Hall–Kier alpha value is -3.27. The largest absolute Gasteiger partial charge is 0.465 e. The summed E-state index contributed by atoms with van der Waals surface area (Å²) in [6.45, 7) is 0. The molecule has 0 radical (unpaired) electrons. The number of rotatable bonds is 4. The summed E-state index contributed by atoms with van der Waals surface area (Å²) in [6.07, 6.45) is 0. The fourth-order valence-electron chi connectivity index (χ4n) is 3.93. The van der Waals surface area contributed by atoms with Crippen LogP contribution in [0.1, 0.15) is 15.9 Å². The summed E-state index contributed by atoms with van der Waals surface area (Å²) in [4.78, 5) is 38.6. The Bertz CT molecular complexity index is 1110. The zero-order valence-corrected chi connectivity index (χ0v) is 16.6. The van der Waals surface area contributed by atoms with E-state index in [1.54, 1.807) is 36.4 Å². The van der Waals surface area contributed by atoms with Crippen molar-refractivity contribution in [3.8, 4) is 0 Å². The van der Waals surface area contributed by atoms with Gasteiger partial charge < -0.3 is 23.7 Å². The molecule has 0 saturated heterocycles. The van der Waals surface area contributed by atoms with E-state index in [0.29, 0.717) is 16.3 Å². The summed E-state index contributed by atoms with van der Waals surface area (Å²) in [5.74, 6) is -7.06. The molecule has 2 heterocycles. The summed E-state index contributed by atoms with van der Waals surface area (Å²) < 4.78 is 32.1. The van der Waals surface area contributed by atoms with Gasteiger partial charge in [0, 0.05) is 25.2 Å². The van der Waals surface area contributed by atoms with Crippen molar-refractivity contribution in [3.05, 3.63) is 58.7 Å². The lowest BCUT2D eigenvalue weighted by atomic mass is 9.87. The van der Waals surface area contributed by atoms with Crippen LogP contribution >= 0.6 is 0 Å². The van der Waals surface area contributed by atoms with Gasteiger partial charge in [0.05, 0.1) is 19.8 Å². The van der Waals surface area contributed by atoms with Crippen LogP contribution in [0.15, 0.2) is 47.5 Å². The molecule has 0 bridgehead atoms. The van der Waals surface area contributed by atoms with Gasteiger partial charge in [0.2, 0.25) is 0 Å². The summed E-state index contributed by atoms with van der Waals surface area (Å²) in [7, 11) is 4.66. The van der Waals surface area contributed by atoms with E-state index in [2.05, 4.69) is 0 Å². The van der Waals surface area contributed by atoms with E-state index in [0.717, 1.165) is 14.2 Å². The van der Waals surface area contributed by atoms with E-state index in [4.69, 9.17) is 28.4 Å². The Kier molecular flexibility index (Phi) is 4.61. The summed E-state index contributed by atoms with van der Waals surface area (Å²) in [6, 6.07) is 10.2. The second-order valence-corrected chi connectivity index (χ2v) is 6.52. The van der Waals surface area contributed by atoms with Gasteiger partial charge in [-0.15, -0.1) is 0 Å². The molecule has 0 amide bonds. The molecule has 30 heavy (non-hydrogen) atoms. The smallest absolute Gasteiger partial charge is 0.342 e. The molecule has 1 spiro atoms. The van der Waals surface area contributed by atoms with E-state index in [-0.39, 0.29) is 5.56 Å². The molecule has 4 rings (SSSR count). The molecule has 2 aromatic rings. The van der Waals surface area contributed by atoms with Gasteiger partial charge in [-0.1, -0.05) is 30.3 Å². The van der Waals surface area contributed by atoms with Gasteiger partial charge in [-0.05, 0) is 11.5 Å². The van der Waals surface area contributed by atoms with Crippen LogP contribution in [0.4, 0.5) is 0 Å². The molecule has 0 N–H and O–H groups in total. The van der Waals surface area contributed by atoms with Gasteiger partial charge >= 0.3 is 23.9 Å². The Labute approximate surface area is 171 Å². The predicted octanol–water partition coefficient (Wildman–Crippen LogP) is 1.78. The lowest BCUT2D eigenvalue weighted by molar-refractivity contribution is -0.388. The molecule has 2 aromatic carbocycles. The number of hydrogen-bond donors (Lipinski definition) is 0. The SMILES string of the molecule is COC(=O)C1=C(C(=O)OC)C2(OC(=O)c3cccc4cccc2c34)OC1(OC)OC. The molecule has 0 aromatic heterocycles. The zero-order chi connectivity index (χ0) is 21.7. The molecule has 0 saturated carbocycles. The van der Waals surface area contributed by atoms with Crippen molar-refractivity contribution >= 4 is 28.7 Å². The summed E-state index contributed by atoms with van der Waals surface area (Å²) >= 11 is 0. The standard InChI is InChI=1S/C21H18O9/c1-25-18(23)15-16(19(24)26-2)21(27-3,28-4)30-20(15)13-10-6-8-11-7-5-9-12(14(11)13)17(22)29-20/h5-10H,1-4H3. The van der Waals surface area contributed by atoms with Crippen molar-refractivity contribution in [2.75, 3.05) is 28.4 Å².